The third-order valence-corrected chi connectivity index (χ3v) is 4.22. The smallest absolute Gasteiger partial charge is 0.234 e. The minimum Gasteiger partial charge on any atom is -0.378 e. The van der Waals surface area contributed by atoms with Crippen LogP contribution in [-0.4, -0.2) is 38.3 Å². The Balaban J connectivity index is 2.84. The molecule has 1 aromatic carbocycles. The molecule has 5 heteroatoms. The topological polar surface area (TPSA) is 68.2 Å². The van der Waals surface area contributed by atoms with Crippen molar-refractivity contribution in [3.05, 3.63) is 36.4 Å². The Labute approximate surface area is 158 Å². The third kappa shape index (κ3) is 7.00. The molecule has 1 amide bonds. The second-order valence-corrected chi connectivity index (χ2v) is 7.37. The van der Waals surface area contributed by atoms with Crippen molar-refractivity contribution < 1.29 is 4.79 Å². The van der Waals surface area contributed by atoms with E-state index in [4.69, 9.17) is 5.41 Å². The largest absolute Gasteiger partial charge is 0.378 e. The van der Waals surface area contributed by atoms with Gasteiger partial charge in [-0.2, -0.15) is 0 Å². The maximum atomic E-state index is 12.7. The number of anilines is 2. The highest BCUT2D eigenvalue weighted by Crippen LogP contribution is 2.17. The van der Waals surface area contributed by atoms with Gasteiger partial charge in [0.05, 0.1) is 5.92 Å². The first-order valence-corrected chi connectivity index (χ1v) is 9.26. The number of amides is 1. The van der Waals surface area contributed by atoms with Crippen LogP contribution in [0.2, 0.25) is 0 Å². The Kier molecular flexibility index (Phi) is 9.07. The van der Waals surface area contributed by atoms with Crippen LogP contribution in [0, 0.1) is 17.2 Å². The third-order valence-electron chi connectivity index (χ3n) is 4.22. The summed E-state index contributed by atoms with van der Waals surface area (Å²) in [4.78, 5) is 14.7. The molecule has 26 heavy (non-hydrogen) atoms. The summed E-state index contributed by atoms with van der Waals surface area (Å²) in [5, 5.41) is 14.2. The van der Waals surface area contributed by atoms with Crippen LogP contribution in [-0.2, 0) is 4.79 Å². The predicted octanol–water partition coefficient (Wildman–Crippen LogP) is 3.93. The van der Waals surface area contributed by atoms with E-state index in [0.29, 0.717) is 5.92 Å². The van der Waals surface area contributed by atoms with Crippen molar-refractivity contribution in [1.82, 2.24) is 5.32 Å². The quantitative estimate of drug-likeness (QED) is 0.438. The molecule has 0 aliphatic rings. The summed E-state index contributed by atoms with van der Waals surface area (Å²) in [7, 11) is 3.95. The van der Waals surface area contributed by atoms with Crippen LogP contribution in [0.25, 0.3) is 0 Å². The maximum Gasteiger partial charge on any atom is 0.234 e. The SMILES string of the molecule is C/C=C\C(NC(C)CC(C)C)C(C=N)C(=O)Nc1ccc(N(C)C)cc1. The molecule has 0 aromatic heterocycles. The molecule has 0 radical (unpaired) electrons. The molecule has 3 N–H and O–H groups in total. The van der Waals surface area contributed by atoms with Crippen LogP contribution in [0.15, 0.2) is 36.4 Å². The first-order valence-electron chi connectivity index (χ1n) is 9.26. The van der Waals surface area contributed by atoms with Crippen LogP contribution in [0.4, 0.5) is 11.4 Å². The number of hydrogen-bond donors (Lipinski definition) is 3. The van der Waals surface area contributed by atoms with Crippen molar-refractivity contribution in [2.75, 3.05) is 24.3 Å². The van der Waals surface area contributed by atoms with Gasteiger partial charge in [0.15, 0.2) is 0 Å². The highest BCUT2D eigenvalue weighted by molar-refractivity contribution is 6.02. The minimum absolute atomic E-state index is 0.176. The molecule has 0 fully saturated rings. The molecule has 0 aliphatic carbocycles. The Morgan fingerprint density at radius 3 is 2.27 bits per heavy atom. The van der Waals surface area contributed by atoms with Gasteiger partial charge in [0.1, 0.15) is 0 Å². The fourth-order valence-electron chi connectivity index (χ4n) is 3.00. The van der Waals surface area contributed by atoms with Gasteiger partial charge in [0.2, 0.25) is 5.91 Å². The van der Waals surface area contributed by atoms with Crippen LogP contribution >= 0.6 is 0 Å². The summed E-state index contributed by atoms with van der Waals surface area (Å²) in [6, 6.07) is 7.75. The summed E-state index contributed by atoms with van der Waals surface area (Å²) < 4.78 is 0. The molecule has 1 rings (SSSR count). The molecule has 3 unspecified atom stereocenters. The average molecular weight is 359 g/mol. The summed E-state index contributed by atoms with van der Waals surface area (Å²) in [6.07, 6.45) is 6.13. The zero-order valence-electron chi connectivity index (χ0n) is 16.9. The summed E-state index contributed by atoms with van der Waals surface area (Å²) in [5.41, 5.74) is 1.81. The summed E-state index contributed by atoms with van der Waals surface area (Å²) in [6.45, 7) is 8.41. The first-order chi connectivity index (χ1) is 12.3. The van der Waals surface area contributed by atoms with Gasteiger partial charge in [-0.05, 0) is 50.5 Å². The summed E-state index contributed by atoms with van der Waals surface area (Å²) >= 11 is 0. The maximum absolute atomic E-state index is 12.7. The number of carbonyl (C=O) groups excluding carboxylic acids is 1. The molecule has 0 saturated heterocycles. The number of benzene rings is 1. The molecule has 0 heterocycles. The molecule has 1 aromatic rings. The van der Waals surface area contributed by atoms with Crippen LogP contribution in [0.1, 0.15) is 34.1 Å². The van der Waals surface area contributed by atoms with Crippen molar-refractivity contribution in [3.8, 4) is 0 Å². The normalized spacial score (nSPS) is 14.9. The van der Waals surface area contributed by atoms with E-state index in [1.165, 1.54) is 6.21 Å². The second kappa shape index (κ2) is 10.8. The summed E-state index contributed by atoms with van der Waals surface area (Å²) in [5.74, 6) is -0.162. The minimum atomic E-state index is -0.561. The van der Waals surface area contributed by atoms with Gasteiger partial charge in [0.25, 0.3) is 0 Å². The highest BCUT2D eigenvalue weighted by Gasteiger charge is 2.26. The molecular weight excluding hydrogens is 324 g/mol. The van der Waals surface area contributed by atoms with Gasteiger partial charge in [-0.25, -0.2) is 0 Å². The Bertz CT molecular complexity index is 593. The number of allylic oxidation sites excluding steroid dienone is 1. The number of hydrogen-bond acceptors (Lipinski definition) is 4. The average Bonchev–Trinajstić information content (AvgIpc) is 2.55. The van der Waals surface area contributed by atoms with Gasteiger partial charge in [-0.1, -0.05) is 26.0 Å². The zero-order valence-corrected chi connectivity index (χ0v) is 16.9. The molecule has 0 bridgehead atoms. The monoisotopic (exact) mass is 358 g/mol. The van der Waals surface area contributed by atoms with Crippen molar-refractivity contribution in [2.45, 2.75) is 46.2 Å². The molecule has 0 aliphatic heterocycles. The van der Waals surface area contributed by atoms with Crippen LogP contribution < -0.4 is 15.5 Å². The number of nitrogens with one attached hydrogen (secondary N) is 3. The molecule has 3 atom stereocenters. The number of rotatable bonds is 10. The van der Waals surface area contributed by atoms with E-state index >= 15 is 0 Å². The lowest BCUT2D eigenvalue weighted by molar-refractivity contribution is -0.118. The van der Waals surface area contributed by atoms with E-state index in [-0.39, 0.29) is 18.0 Å². The molecule has 0 spiro atoms. The zero-order chi connectivity index (χ0) is 19.7. The number of nitrogens with zero attached hydrogens (tertiary/aromatic N) is 1. The Hall–Kier alpha value is -2.14. The molecule has 5 nitrogen and oxygen atoms in total. The lowest BCUT2D eigenvalue weighted by Gasteiger charge is -2.26. The van der Waals surface area contributed by atoms with E-state index in [1.807, 2.05) is 62.3 Å². The lowest BCUT2D eigenvalue weighted by atomic mass is 9.96. The van der Waals surface area contributed by atoms with Gasteiger partial charge in [0, 0.05) is 43.8 Å². The fraction of sp³-hybridized carbons (Fsp3) is 0.524. The molecule has 0 saturated carbocycles. The van der Waals surface area contributed by atoms with E-state index in [2.05, 4.69) is 31.4 Å². The second-order valence-electron chi connectivity index (χ2n) is 7.37. The van der Waals surface area contributed by atoms with Crippen LogP contribution in [0.3, 0.4) is 0 Å². The predicted molar refractivity (Wildman–Crippen MR) is 112 cm³/mol. The molecular formula is C21H34N4O. The number of carbonyl (C=O) groups is 1. The van der Waals surface area contributed by atoms with Gasteiger partial charge >= 0.3 is 0 Å². The van der Waals surface area contributed by atoms with E-state index in [1.54, 1.807) is 0 Å². The van der Waals surface area contributed by atoms with Crippen LogP contribution in [0.5, 0.6) is 0 Å². The van der Waals surface area contributed by atoms with Gasteiger partial charge < -0.3 is 20.9 Å². The Morgan fingerprint density at radius 2 is 1.81 bits per heavy atom. The van der Waals surface area contributed by atoms with Gasteiger partial charge in [-0.3, -0.25) is 4.79 Å². The standard InChI is InChI=1S/C21H34N4O/c1-7-8-20(23-16(4)13-15(2)3)19(14-22)21(26)24-17-9-11-18(12-10-17)25(5)6/h7-12,14-16,19-20,22-23H,13H2,1-6H3,(H,24,26)/b8-7-,22-14?. The lowest BCUT2D eigenvalue weighted by Crippen LogP contribution is -2.45. The van der Waals surface area contributed by atoms with Crippen molar-refractivity contribution >= 4 is 23.5 Å². The van der Waals surface area contributed by atoms with Crippen molar-refractivity contribution in [3.63, 3.8) is 0 Å². The van der Waals surface area contributed by atoms with Crippen molar-refractivity contribution in [1.29, 1.82) is 5.41 Å². The highest BCUT2D eigenvalue weighted by atomic mass is 16.1. The van der Waals surface area contributed by atoms with Crippen molar-refractivity contribution in [2.24, 2.45) is 11.8 Å². The van der Waals surface area contributed by atoms with E-state index in [9.17, 15) is 4.79 Å². The fourth-order valence-corrected chi connectivity index (χ4v) is 3.00. The van der Waals surface area contributed by atoms with E-state index < -0.39 is 5.92 Å². The first kappa shape index (κ1) is 21.9. The van der Waals surface area contributed by atoms with Gasteiger partial charge in [-0.15, -0.1) is 0 Å². The Morgan fingerprint density at radius 1 is 1.19 bits per heavy atom. The van der Waals surface area contributed by atoms with E-state index in [0.717, 1.165) is 17.8 Å². The molecule has 144 valence electrons.